The van der Waals surface area contributed by atoms with Gasteiger partial charge in [0.15, 0.2) is 5.96 Å². The molecule has 0 heterocycles. The number of halogens is 1. The lowest BCUT2D eigenvalue weighted by molar-refractivity contribution is -0.140. The number of ether oxygens (including phenoxy) is 1. The molecule has 0 saturated carbocycles. The summed E-state index contributed by atoms with van der Waals surface area (Å²) in [5.41, 5.74) is 2.54. The van der Waals surface area contributed by atoms with Crippen molar-refractivity contribution in [2.75, 3.05) is 26.7 Å². The van der Waals surface area contributed by atoms with Crippen LogP contribution in [0.5, 0.6) is 0 Å². The molecular weight excluding hydrogens is 405 g/mol. The zero-order valence-corrected chi connectivity index (χ0v) is 16.7. The number of hydrogen-bond acceptors (Lipinski definition) is 3. The van der Waals surface area contributed by atoms with E-state index in [0.717, 1.165) is 12.5 Å². The van der Waals surface area contributed by atoms with Crippen LogP contribution in [-0.4, -0.2) is 38.7 Å². The number of methoxy groups -OCH3 is 1. The minimum Gasteiger partial charge on any atom is -0.469 e. The van der Waals surface area contributed by atoms with Gasteiger partial charge in [0, 0.05) is 25.6 Å². The normalized spacial score (nSPS) is 12.1. The van der Waals surface area contributed by atoms with Crippen LogP contribution in [-0.2, 0) is 9.53 Å². The van der Waals surface area contributed by atoms with Gasteiger partial charge >= 0.3 is 5.97 Å². The molecule has 0 bridgehead atoms. The molecule has 1 unspecified atom stereocenters. The molecular formula is C17H28IN3O2. The number of aliphatic imine (C=N–C) groups is 1. The van der Waals surface area contributed by atoms with Crippen LogP contribution < -0.4 is 10.6 Å². The molecule has 1 aromatic rings. The van der Waals surface area contributed by atoms with E-state index in [1.807, 2.05) is 6.92 Å². The van der Waals surface area contributed by atoms with E-state index >= 15 is 0 Å². The van der Waals surface area contributed by atoms with Crippen molar-refractivity contribution in [1.82, 2.24) is 10.6 Å². The van der Waals surface area contributed by atoms with E-state index in [0.29, 0.717) is 25.4 Å². The third kappa shape index (κ3) is 8.78. The largest absolute Gasteiger partial charge is 0.469 e. The van der Waals surface area contributed by atoms with E-state index in [1.54, 1.807) is 0 Å². The van der Waals surface area contributed by atoms with Crippen LogP contribution in [0.4, 0.5) is 0 Å². The maximum absolute atomic E-state index is 11.1. The fourth-order valence-corrected chi connectivity index (χ4v) is 1.96. The first-order valence-corrected chi connectivity index (χ1v) is 7.72. The Morgan fingerprint density at radius 3 is 2.48 bits per heavy atom. The molecule has 2 N–H and O–H groups in total. The highest BCUT2D eigenvalue weighted by Crippen LogP contribution is 2.15. The smallest absolute Gasteiger partial charge is 0.307 e. The Balaban J connectivity index is 0.00000484. The van der Waals surface area contributed by atoms with Crippen molar-refractivity contribution >= 4 is 35.9 Å². The topological polar surface area (TPSA) is 62.7 Å². The van der Waals surface area contributed by atoms with Gasteiger partial charge in [-0.1, -0.05) is 36.8 Å². The average Bonchev–Trinajstić information content (AvgIpc) is 2.52. The van der Waals surface area contributed by atoms with Gasteiger partial charge in [0.2, 0.25) is 0 Å². The van der Waals surface area contributed by atoms with Gasteiger partial charge in [-0.3, -0.25) is 9.79 Å². The monoisotopic (exact) mass is 433 g/mol. The lowest BCUT2D eigenvalue weighted by Crippen LogP contribution is -2.38. The van der Waals surface area contributed by atoms with Gasteiger partial charge in [-0.05, 0) is 19.4 Å². The van der Waals surface area contributed by atoms with Crippen molar-refractivity contribution in [3.05, 3.63) is 35.4 Å². The molecule has 0 aliphatic rings. The first-order valence-electron chi connectivity index (χ1n) is 7.72. The van der Waals surface area contributed by atoms with Gasteiger partial charge < -0.3 is 15.4 Å². The quantitative estimate of drug-likeness (QED) is 0.301. The van der Waals surface area contributed by atoms with E-state index in [1.165, 1.54) is 18.2 Å². The number of hydrogen-bond donors (Lipinski definition) is 2. The Labute approximate surface area is 156 Å². The number of guanidine groups is 1. The van der Waals surface area contributed by atoms with Crippen molar-refractivity contribution in [3.8, 4) is 0 Å². The first kappa shape index (κ1) is 21.7. The Kier molecular flexibility index (Phi) is 11.5. The predicted octanol–water partition coefficient (Wildman–Crippen LogP) is 2.83. The molecule has 0 fully saturated rings. The summed E-state index contributed by atoms with van der Waals surface area (Å²) in [5, 5.41) is 6.32. The maximum atomic E-state index is 11.1. The van der Waals surface area contributed by atoms with Crippen molar-refractivity contribution in [2.24, 2.45) is 4.99 Å². The summed E-state index contributed by atoms with van der Waals surface area (Å²) in [5.74, 6) is 0.846. The average molecular weight is 433 g/mol. The van der Waals surface area contributed by atoms with E-state index < -0.39 is 0 Å². The fourth-order valence-electron chi connectivity index (χ4n) is 1.96. The van der Waals surface area contributed by atoms with Crippen LogP contribution in [0.25, 0.3) is 0 Å². The molecule has 0 amide bonds. The zero-order chi connectivity index (χ0) is 16.4. The number of benzene rings is 1. The number of esters is 1. The van der Waals surface area contributed by atoms with Crippen molar-refractivity contribution in [3.63, 3.8) is 0 Å². The molecule has 130 valence electrons. The third-order valence-electron chi connectivity index (χ3n) is 3.36. The number of carbonyl (C=O) groups excluding carboxylic acids is 1. The third-order valence-corrected chi connectivity index (χ3v) is 3.36. The molecule has 5 nitrogen and oxygen atoms in total. The van der Waals surface area contributed by atoms with Crippen LogP contribution in [0.3, 0.4) is 0 Å². The first-order chi connectivity index (χ1) is 10.6. The molecule has 6 heteroatoms. The molecule has 0 radical (unpaired) electrons. The molecule has 1 aromatic carbocycles. The van der Waals surface area contributed by atoms with Crippen molar-refractivity contribution < 1.29 is 9.53 Å². The van der Waals surface area contributed by atoms with E-state index in [4.69, 9.17) is 0 Å². The van der Waals surface area contributed by atoms with Crippen LogP contribution in [0, 0.1) is 6.92 Å². The molecule has 0 aromatic heterocycles. The fraction of sp³-hybridized carbons (Fsp3) is 0.529. The van der Waals surface area contributed by atoms with Gasteiger partial charge in [0.25, 0.3) is 0 Å². The van der Waals surface area contributed by atoms with E-state index in [9.17, 15) is 4.79 Å². The van der Waals surface area contributed by atoms with Gasteiger partial charge in [0.1, 0.15) is 0 Å². The number of nitrogens with one attached hydrogen (secondary N) is 2. The standard InChI is InChI=1S/C17H27N3O2.HI/c1-5-18-17(19-11-10-16(21)22-4)20-12-14(3)15-8-6-13(2)7-9-15;/h6-9,14H,5,10-12H2,1-4H3,(H2,18,19,20);1H. The Hall–Kier alpha value is -1.31. The summed E-state index contributed by atoms with van der Waals surface area (Å²) in [6.07, 6.45) is 0.328. The van der Waals surface area contributed by atoms with Crippen LogP contribution in [0.1, 0.15) is 37.3 Å². The lowest BCUT2D eigenvalue weighted by atomic mass is 10.0. The summed E-state index contributed by atoms with van der Waals surface area (Å²) in [6.45, 7) is 8.24. The van der Waals surface area contributed by atoms with Gasteiger partial charge in [0.05, 0.1) is 13.5 Å². The number of aryl methyl sites for hydroxylation is 1. The molecule has 1 atom stereocenters. The highest BCUT2D eigenvalue weighted by atomic mass is 127. The van der Waals surface area contributed by atoms with Crippen LogP contribution in [0.15, 0.2) is 29.3 Å². The zero-order valence-electron chi connectivity index (χ0n) is 14.4. The summed E-state index contributed by atoms with van der Waals surface area (Å²) < 4.78 is 4.62. The van der Waals surface area contributed by atoms with E-state index in [2.05, 4.69) is 58.5 Å². The van der Waals surface area contributed by atoms with E-state index in [-0.39, 0.29) is 29.9 Å². The molecule has 0 aliphatic carbocycles. The summed E-state index contributed by atoms with van der Waals surface area (Å²) in [6, 6.07) is 8.53. The Bertz CT molecular complexity index is 489. The van der Waals surface area contributed by atoms with Crippen LogP contribution in [0.2, 0.25) is 0 Å². The Morgan fingerprint density at radius 2 is 1.91 bits per heavy atom. The molecule has 1 rings (SSSR count). The SMILES string of the molecule is CCNC(=NCC(C)c1ccc(C)cc1)NCCC(=O)OC.I. The summed E-state index contributed by atoms with van der Waals surface area (Å²) in [7, 11) is 1.39. The molecule has 23 heavy (non-hydrogen) atoms. The highest BCUT2D eigenvalue weighted by Gasteiger charge is 2.06. The van der Waals surface area contributed by atoms with Gasteiger partial charge in [-0.15, -0.1) is 24.0 Å². The van der Waals surface area contributed by atoms with Gasteiger partial charge in [-0.2, -0.15) is 0 Å². The number of rotatable bonds is 7. The molecule has 0 aliphatic heterocycles. The second-order valence-corrected chi connectivity index (χ2v) is 5.28. The van der Waals surface area contributed by atoms with Crippen molar-refractivity contribution in [2.45, 2.75) is 33.1 Å². The molecule has 0 spiro atoms. The second-order valence-electron chi connectivity index (χ2n) is 5.28. The number of nitrogens with zero attached hydrogens (tertiary/aromatic N) is 1. The maximum Gasteiger partial charge on any atom is 0.307 e. The summed E-state index contributed by atoms with van der Waals surface area (Å²) >= 11 is 0. The van der Waals surface area contributed by atoms with Gasteiger partial charge in [-0.25, -0.2) is 0 Å². The lowest BCUT2D eigenvalue weighted by Gasteiger charge is -2.13. The van der Waals surface area contributed by atoms with Crippen molar-refractivity contribution in [1.29, 1.82) is 0 Å². The van der Waals surface area contributed by atoms with Crippen LogP contribution >= 0.6 is 24.0 Å². The number of carbonyl (C=O) groups is 1. The Morgan fingerprint density at radius 1 is 1.26 bits per heavy atom. The minimum atomic E-state index is -0.226. The summed E-state index contributed by atoms with van der Waals surface area (Å²) in [4.78, 5) is 15.7. The predicted molar refractivity (Wildman–Crippen MR) is 106 cm³/mol. The molecule has 0 saturated heterocycles. The minimum absolute atomic E-state index is 0. The second kappa shape index (κ2) is 12.2. The highest BCUT2D eigenvalue weighted by molar-refractivity contribution is 14.0.